The summed E-state index contributed by atoms with van der Waals surface area (Å²) < 4.78 is 59.9. The van der Waals surface area contributed by atoms with Gasteiger partial charge in [-0.1, -0.05) is 5.16 Å². The standard InChI is InChI=1S/C22H22F3N5O6/c1-12(26)21(32)34-11-29(17-4-7-35-27-17)9-14-10-30(22(33)36-14)16-8-15(23)20(19(25)18(16)24)28-5-2-13(31)3-6-28/h2,4-5,7-8,12,14H,3,6,9-11,26H2,1H3/t12-,14?/m0/s1. The number of allylic oxidation sites excluding steroid dienone is 1. The van der Waals surface area contributed by atoms with Crippen LogP contribution in [0.5, 0.6) is 0 Å². The second-order valence-corrected chi connectivity index (χ2v) is 8.16. The first-order valence-electron chi connectivity index (χ1n) is 10.9. The van der Waals surface area contributed by atoms with Crippen molar-refractivity contribution in [2.24, 2.45) is 5.73 Å². The van der Waals surface area contributed by atoms with E-state index in [-0.39, 0.29) is 44.4 Å². The Labute approximate surface area is 202 Å². The van der Waals surface area contributed by atoms with Crippen molar-refractivity contribution in [2.75, 3.05) is 41.1 Å². The number of amides is 1. The van der Waals surface area contributed by atoms with Crippen LogP contribution < -0.4 is 20.4 Å². The third kappa shape index (κ3) is 5.12. The molecule has 3 heterocycles. The first-order valence-corrected chi connectivity index (χ1v) is 10.9. The molecule has 14 heteroatoms. The van der Waals surface area contributed by atoms with Crippen LogP contribution in [0.2, 0.25) is 0 Å². The molecule has 0 bridgehead atoms. The molecule has 36 heavy (non-hydrogen) atoms. The Morgan fingerprint density at radius 1 is 1.33 bits per heavy atom. The molecule has 192 valence electrons. The van der Waals surface area contributed by atoms with Gasteiger partial charge in [0.15, 0.2) is 35.8 Å². The fourth-order valence-electron chi connectivity index (χ4n) is 3.69. The van der Waals surface area contributed by atoms with Gasteiger partial charge in [0.05, 0.1) is 18.8 Å². The topological polar surface area (TPSA) is 131 Å². The molecule has 0 radical (unpaired) electrons. The first-order chi connectivity index (χ1) is 17.2. The number of carbonyl (C=O) groups excluding carboxylic acids is 3. The van der Waals surface area contributed by atoms with E-state index >= 15 is 0 Å². The maximum atomic E-state index is 15.0. The van der Waals surface area contributed by atoms with Crippen molar-refractivity contribution >= 4 is 35.0 Å². The SMILES string of the molecule is C[C@H](N)C(=O)OCN(CC1CN(c2cc(F)c(N3C=CC(=O)CC3)c(F)c2F)C(=O)O1)c1ccon1. The summed E-state index contributed by atoms with van der Waals surface area (Å²) in [4.78, 5) is 38.9. The molecule has 1 fully saturated rings. The summed E-state index contributed by atoms with van der Waals surface area (Å²) in [5.74, 6) is -4.73. The van der Waals surface area contributed by atoms with Crippen LogP contribution in [0.25, 0.3) is 0 Å². The summed E-state index contributed by atoms with van der Waals surface area (Å²) in [5, 5.41) is 3.76. The lowest BCUT2D eigenvalue weighted by Gasteiger charge is -2.25. The number of anilines is 3. The van der Waals surface area contributed by atoms with Gasteiger partial charge in [-0.05, 0) is 13.0 Å². The maximum absolute atomic E-state index is 15.0. The number of nitrogens with two attached hydrogens (primary N) is 1. The highest BCUT2D eigenvalue weighted by atomic mass is 19.2. The molecule has 2 N–H and O–H groups in total. The number of carbonyl (C=O) groups is 3. The van der Waals surface area contributed by atoms with Gasteiger partial charge in [0.25, 0.3) is 0 Å². The molecule has 0 spiro atoms. The second kappa shape index (κ2) is 10.3. The average Bonchev–Trinajstić information content (AvgIpc) is 3.50. The van der Waals surface area contributed by atoms with Gasteiger partial charge in [-0.25, -0.2) is 18.0 Å². The molecular formula is C22H22F3N5O6. The monoisotopic (exact) mass is 509 g/mol. The minimum absolute atomic E-state index is 0.0143. The van der Waals surface area contributed by atoms with Gasteiger partial charge in [-0.2, -0.15) is 0 Å². The lowest BCUT2D eigenvalue weighted by atomic mass is 10.1. The van der Waals surface area contributed by atoms with Crippen LogP contribution in [-0.4, -0.2) is 61.5 Å². The molecule has 2 atom stereocenters. The van der Waals surface area contributed by atoms with E-state index in [2.05, 4.69) is 5.16 Å². The molecule has 1 saturated heterocycles. The lowest BCUT2D eigenvalue weighted by molar-refractivity contribution is -0.144. The van der Waals surface area contributed by atoms with E-state index in [0.29, 0.717) is 6.07 Å². The van der Waals surface area contributed by atoms with Crippen LogP contribution in [0, 0.1) is 17.5 Å². The summed E-state index contributed by atoms with van der Waals surface area (Å²) in [5.41, 5.74) is 4.17. The van der Waals surface area contributed by atoms with E-state index in [1.165, 1.54) is 30.4 Å². The number of cyclic esters (lactones) is 1. The molecular weight excluding hydrogens is 487 g/mol. The summed E-state index contributed by atoms with van der Waals surface area (Å²) in [6, 6.07) is 1.29. The van der Waals surface area contributed by atoms with Crippen molar-refractivity contribution in [2.45, 2.75) is 25.5 Å². The van der Waals surface area contributed by atoms with Crippen LogP contribution in [0.15, 0.2) is 35.2 Å². The lowest BCUT2D eigenvalue weighted by Crippen LogP contribution is -2.39. The quantitative estimate of drug-likeness (QED) is 0.320. The zero-order valence-electron chi connectivity index (χ0n) is 19.0. The van der Waals surface area contributed by atoms with Gasteiger partial charge in [-0.3, -0.25) is 14.5 Å². The van der Waals surface area contributed by atoms with E-state index in [1.807, 2.05) is 0 Å². The molecule has 1 aromatic heterocycles. The van der Waals surface area contributed by atoms with Crippen molar-refractivity contribution in [3.63, 3.8) is 0 Å². The van der Waals surface area contributed by atoms with Crippen molar-refractivity contribution < 1.29 is 41.6 Å². The highest BCUT2D eigenvalue weighted by Gasteiger charge is 2.37. The van der Waals surface area contributed by atoms with E-state index in [4.69, 9.17) is 19.7 Å². The minimum atomic E-state index is -1.51. The van der Waals surface area contributed by atoms with Crippen molar-refractivity contribution in [1.82, 2.24) is 5.16 Å². The molecule has 0 aliphatic carbocycles. The number of ketones is 1. The van der Waals surface area contributed by atoms with Crippen LogP contribution in [0.4, 0.5) is 35.2 Å². The summed E-state index contributed by atoms with van der Waals surface area (Å²) in [6.07, 6.45) is 1.66. The van der Waals surface area contributed by atoms with E-state index in [9.17, 15) is 27.6 Å². The molecule has 4 rings (SSSR count). The number of benzene rings is 1. The molecule has 1 amide bonds. The van der Waals surface area contributed by atoms with Gasteiger partial charge in [0.1, 0.15) is 24.1 Å². The predicted octanol–water partition coefficient (Wildman–Crippen LogP) is 2.06. The highest BCUT2D eigenvalue weighted by molar-refractivity contribution is 5.92. The summed E-state index contributed by atoms with van der Waals surface area (Å²) in [7, 11) is 0. The molecule has 11 nitrogen and oxygen atoms in total. The van der Waals surface area contributed by atoms with Crippen molar-refractivity contribution in [3.05, 3.63) is 48.1 Å². The number of esters is 1. The number of hydrogen-bond acceptors (Lipinski definition) is 10. The zero-order valence-corrected chi connectivity index (χ0v) is 19.0. The van der Waals surface area contributed by atoms with Crippen molar-refractivity contribution in [3.8, 4) is 0 Å². The first kappa shape index (κ1) is 25.0. The predicted molar refractivity (Wildman–Crippen MR) is 118 cm³/mol. The highest BCUT2D eigenvalue weighted by Crippen LogP contribution is 2.35. The number of ether oxygens (including phenoxy) is 2. The third-order valence-corrected chi connectivity index (χ3v) is 5.51. The van der Waals surface area contributed by atoms with Gasteiger partial charge in [0.2, 0.25) is 0 Å². The van der Waals surface area contributed by atoms with Gasteiger partial charge in [0, 0.05) is 31.3 Å². The Kier molecular flexibility index (Phi) is 7.15. The summed E-state index contributed by atoms with van der Waals surface area (Å²) in [6.45, 7) is 0.777. The van der Waals surface area contributed by atoms with E-state index < -0.39 is 53.0 Å². The molecule has 2 aliphatic rings. The summed E-state index contributed by atoms with van der Waals surface area (Å²) >= 11 is 0. The van der Waals surface area contributed by atoms with Gasteiger partial charge < -0.3 is 29.5 Å². The molecule has 2 aromatic rings. The fraction of sp³-hybridized carbons (Fsp3) is 0.364. The largest absolute Gasteiger partial charge is 0.443 e. The number of nitrogens with zero attached hydrogens (tertiary/aromatic N) is 4. The second-order valence-electron chi connectivity index (χ2n) is 8.16. The van der Waals surface area contributed by atoms with E-state index in [1.54, 1.807) is 0 Å². The van der Waals surface area contributed by atoms with Crippen LogP contribution in [0.3, 0.4) is 0 Å². The number of halogens is 3. The Balaban J connectivity index is 1.52. The fourth-order valence-corrected chi connectivity index (χ4v) is 3.69. The third-order valence-electron chi connectivity index (χ3n) is 5.51. The molecule has 0 saturated carbocycles. The van der Waals surface area contributed by atoms with Crippen molar-refractivity contribution in [1.29, 1.82) is 0 Å². The number of rotatable bonds is 8. The zero-order chi connectivity index (χ0) is 26.0. The molecule has 1 unspecified atom stereocenters. The van der Waals surface area contributed by atoms with Crippen LogP contribution >= 0.6 is 0 Å². The Morgan fingerprint density at radius 2 is 2.11 bits per heavy atom. The minimum Gasteiger partial charge on any atom is -0.443 e. The van der Waals surface area contributed by atoms with E-state index in [0.717, 1.165) is 15.9 Å². The molecule has 1 aromatic carbocycles. The van der Waals surface area contributed by atoms with Crippen LogP contribution in [-0.2, 0) is 19.1 Å². The normalized spacial score (nSPS) is 18.4. The molecule has 2 aliphatic heterocycles. The van der Waals surface area contributed by atoms with Gasteiger partial charge >= 0.3 is 12.1 Å². The number of hydrogen-bond donors (Lipinski definition) is 1. The Bertz CT molecular complexity index is 1190. The van der Waals surface area contributed by atoms with Crippen LogP contribution in [0.1, 0.15) is 13.3 Å². The smallest absolute Gasteiger partial charge is 0.414 e. The Hall–Kier alpha value is -4.07. The maximum Gasteiger partial charge on any atom is 0.414 e. The van der Waals surface area contributed by atoms with Gasteiger partial charge in [-0.15, -0.1) is 0 Å². The number of aromatic nitrogens is 1. The average molecular weight is 509 g/mol. The Morgan fingerprint density at radius 3 is 2.75 bits per heavy atom.